The molecule has 0 unspecified atom stereocenters. The van der Waals surface area contributed by atoms with Crippen LogP contribution in [-0.2, 0) is 4.79 Å². The highest BCUT2D eigenvalue weighted by molar-refractivity contribution is 5.84. The molecule has 0 bridgehead atoms. The molecule has 1 aliphatic rings. The first kappa shape index (κ1) is 13.1. The summed E-state index contributed by atoms with van der Waals surface area (Å²) < 4.78 is 60.5. The van der Waals surface area contributed by atoms with Gasteiger partial charge < -0.3 is 10.6 Å². The largest absolute Gasteiger partial charge is 0.463 e. The molecule has 0 spiro atoms. The predicted molar refractivity (Wildman–Crippen MR) is 45.0 cm³/mol. The van der Waals surface area contributed by atoms with Gasteiger partial charge in [0, 0.05) is 12.6 Å². The van der Waals surface area contributed by atoms with Crippen LogP contribution in [0.2, 0.25) is 0 Å². The van der Waals surface area contributed by atoms with Crippen LogP contribution in [-0.4, -0.2) is 37.1 Å². The lowest BCUT2D eigenvalue weighted by Crippen LogP contribution is -2.55. The van der Waals surface area contributed by atoms with E-state index < -0.39 is 24.0 Å². The molecule has 1 saturated heterocycles. The molecular weight excluding hydrogens is 235 g/mol. The second-order valence-corrected chi connectivity index (χ2v) is 3.59. The fraction of sp³-hybridized carbons (Fsp3) is 0.875. The summed E-state index contributed by atoms with van der Waals surface area (Å²) in [7, 11) is 0. The Bertz CT molecular complexity index is 260. The van der Waals surface area contributed by atoms with Gasteiger partial charge in [0.15, 0.2) is 0 Å². The molecule has 16 heavy (non-hydrogen) atoms. The fourth-order valence-electron chi connectivity index (χ4n) is 1.38. The second-order valence-electron chi connectivity index (χ2n) is 3.59. The number of carbonyl (C=O) groups excluding carboxylic acids is 1. The van der Waals surface area contributed by atoms with E-state index in [4.69, 9.17) is 0 Å². The molecule has 0 aliphatic carbocycles. The lowest BCUT2D eigenvalue weighted by Gasteiger charge is -2.26. The monoisotopic (exact) mass is 246 g/mol. The number of hydrogen-bond acceptors (Lipinski definition) is 2. The summed E-state index contributed by atoms with van der Waals surface area (Å²) in [5.74, 6) is -7.61. The molecule has 0 aromatic rings. The van der Waals surface area contributed by atoms with Crippen molar-refractivity contribution in [2.24, 2.45) is 0 Å². The van der Waals surface area contributed by atoms with Gasteiger partial charge in [-0.3, -0.25) is 4.79 Å². The van der Waals surface area contributed by atoms with Gasteiger partial charge in [-0.2, -0.15) is 22.0 Å². The molecular formula is C8H11F5N2O. The molecule has 0 radical (unpaired) electrons. The molecule has 1 aliphatic heterocycles. The number of carbonyl (C=O) groups is 1. The molecule has 94 valence electrons. The SMILES string of the molecule is O=C(N[C@H]1CCCNC1)C(F)(F)C(F)(F)F. The summed E-state index contributed by atoms with van der Waals surface area (Å²) in [6.45, 7) is 0.877. The van der Waals surface area contributed by atoms with Crippen LogP contribution >= 0.6 is 0 Å². The van der Waals surface area contributed by atoms with Crippen LogP contribution < -0.4 is 10.6 Å². The fourth-order valence-corrected chi connectivity index (χ4v) is 1.38. The standard InChI is InChI=1S/C8H11F5N2O/c9-7(10,8(11,12)13)6(16)15-5-2-1-3-14-4-5/h5,14H,1-4H2,(H,15,16)/t5-/m0/s1. The Hall–Kier alpha value is -0.920. The number of alkyl halides is 5. The Balaban J connectivity index is 2.57. The van der Waals surface area contributed by atoms with Crippen LogP contribution in [0.25, 0.3) is 0 Å². The van der Waals surface area contributed by atoms with Crippen LogP contribution in [0, 0.1) is 0 Å². The van der Waals surface area contributed by atoms with Crippen molar-refractivity contribution in [1.82, 2.24) is 10.6 Å². The summed E-state index contributed by atoms with van der Waals surface area (Å²) in [6, 6.07) is -0.672. The Morgan fingerprint density at radius 2 is 1.88 bits per heavy atom. The summed E-state index contributed by atoms with van der Waals surface area (Å²) in [5.41, 5.74) is 0. The van der Waals surface area contributed by atoms with Crippen molar-refractivity contribution in [2.75, 3.05) is 13.1 Å². The minimum absolute atomic E-state index is 0.208. The molecule has 0 aromatic heterocycles. The van der Waals surface area contributed by atoms with E-state index in [9.17, 15) is 26.7 Å². The summed E-state index contributed by atoms with van der Waals surface area (Å²) in [5, 5.41) is 4.48. The average molecular weight is 246 g/mol. The highest BCUT2D eigenvalue weighted by Gasteiger charge is 2.63. The Morgan fingerprint density at radius 1 is 1.25 bits per heavy atom. The average Bonchev–Trinajstić information content (AvgIpc) is 2.17. The quantitative estimate of drug-likeness (QED) is 0.715. The van der Waals surface area contributed by atoms with Crippen LogP contribution in [0.15, 0.2) is 0 Å². The van der Waals surface area contributed by atoms with Gasteiger partial charge in [0.2, 0.25) is 0 Å². The maximum atomic E-state index is 12.5. The zero-order valence-corrected chi connectivity index (χ0v) is 8.20. The van der Waals surface area contributed by atoms with Crippen molar-refractivity contribution in [2.45, 2.75) is 31.0 Å². The topological polar surface area (TPSA) is 41.1 Å². The van der Waals surface area contributed by atoms with E-state index in [-0.39, 0.29) is 6.54 Å². The third-order valence-electron chi connectivity index (χ3n) is 2.27. The molecule has 3 nitrogen and oxygen atoms in total. The van der Waals surface area contributed by atoms with Gasteiger partial charge in [-0.25, -0.2) is 0 Å². The zero-order valence-electron chi connectivity index (χ0n) is 8.20. The van der Waals surface area contributed by atoms with Crippen molar-refractivity contribution >= 4 is 5.91 Å². The Morgan fingerprint density at radius 3 is 2.31 bits per heavy atom. The first-order chi connectivity index (χ1) is 7.25. The number of halogens is 5. The number of piperidine rings is 1. The Kier molecular flexibility index (Phi) is 3.72. The molecule has 1 heterocycles. The van der Waals surface area contributed by atoms with Gasteiger partial charge in [-0.05, 0) is 19.4 Å². The number of nitrogens with one attached hydrogen (secondary N) is 2. The summed E-state index contributed by atoms with van der Waals surface area (Å²) in [6.07, 6.45) is -4.83. The molecule has 0 aromatic carbocycles. The normalized spacial score (nSPS) is 22.9. The molecule has 1 fully saturated rings. The summed E-state index contributed by atoms with van der Waals surface area (Å²) in [4.78, 5) is 10.8. The third-order valence-corrected chi connectivity index (χ3v) is 2.27. The molecule has 2 N–H and O–H groups in total. The van der Waals surface area contributed by atoms with E-state index in [1.54, 1.807) is 5.32 Å². The molecule has 0 saturated carbocycles. The smallest absolute Gasteiger partial charge is 0.347 e. The second kappa shape index (κ2) is 4.52. The van der Waals surface area contributed by atoms with Gasteiger partial charge in [-0.15, -0.1) is 0 Å². The highest BCUT2D eigenvalue weighted by atomic mass is 19.4. The number of hydrogen-bond donors (Lipinski definition) is 2. The van der Waals surface area contributed by atoms with E-state index in [1.807, 2.05) is 0 Å². The van der Waals surface area contributed by atoms with Crippen LogP contribution in [0.1, 0.15) is 12.8 Å². The van der Waals surface area contributed by atoms with E-state index >= 15 is 0 Å². The van der Waals surface area contributed by atoms with Crippen molar-refractivity contribution in [3.05, 3.63) is 0 Å². The molecule has 1 rings (SSSR count). The first-order valence-corrected chi connectivity index (χ1v) is 4.71. The van der Waals surface area contributed by atoms with Crippen LogP contribution in [0.3, 0.4) is 0 Å². The first-order valence-electron chi connectivity index (χ1n) is 4.71. The number of rotatable bonds is 2. The van der Waals surface area contributed by atoms with Crippen molar-refractivity contribution in [3.8, 4) is 0 Å². The molecule has 1 amide bonds. The van der Waals surface area contributed by atoms with E-state index in [2.05, 4.69) is 5.32 Å². The van der Waals surface area contributed by atoms with E-state index in [0.29, 0.717) is 19.4 Å². The minimum atomic E-state index is -5.85. The maximum absolute atomic E-state index is 12.5. The highest BCUT2D eigenvalue weighted by Crippen LogP contribution is 2.35. The van der Waals surface area contributed by atoms with Crippen molar-refractivity contribution < 1.29 is 26.7 Å². The maximum Gasteiger partial charge on any atom is 0.463 e. The van der Waals surface area contributed by atoms with Gasteiger partial charge in [0.25, 0.3) is 0 Å². The van der Waals surface area contributed by atoms with Gasteiger partial charge >= 0.3 is 18.0 Å². The van der Waals surface area contributed by atoms with Gasteiger partial charge in [0.1, 0.15) is 0 Å². The van der Waals surface area contributed by atoms with E-state index in [0.717, 1.165) is 0 Å². The number of amides is 1. The predicted octanol–water partition coefficient (Wildman–Crippen LogP) is 1.05. The lowest BCUT2D eigenvalue weighted by atomic mass is 10.1. The zero-order chi connectivity index (χ0) is 12.4. The molecule has 8 heteroatoms. The molecule has 1 atom stereocenters. The third kappa shape index (κ3) is 2.81. The van der Waals surface area contributed by atoms with Gasteiger partial charge in [-0.1, -0.05) is 0 Å². The van der Waals surface area contributed by atoms with Crippen LogP contribution in [0.5, 0.6) is 0 Å². The Labute approximate surface area is 88.4 Å². The van der Waals surface area contributed by atoms with Crippen molar-refractivity contribution in [3.63, 3.8) is 0 Å². The lowest BCUT2D eigenvalue weighted by molar-refractivity contribution is -0.270. The van der Waals surface area contributed by atoms with Crippen LogP contribution in [0.4, 0.5) is 22.0 Å². The minimum Gasteiger partial charge on any atom is -0.347 e. The van der Waals surface area contributed by atoms with E-state index in [1.165, 1.54) is 0 Å². The van der Waals surface area contributed by atoms with Crippen molar-refractivity contribution in [1.29, 1.82) is 0 Å². The summed E-state index contributed by atoms with van der Waals surface area (Å²) >= 11 is 0. The van der Waals surface area contributed by atoms with Gasteiger partial charge in [0.05, 0.1) is 0 Å².